The van der Waals surface area contributed by atoms with Gasteiger partial charge in [-0.2, -0.15) is 0 Å². The highest BCUT2D eigenvalue weighted by Gasteiger charge is 2.15. The molecule has 0 aliphatic rings. The van der Waals surface area contributed by atoms with Gasteiger partial charge in [-0.05, 0) is 43.7 Å². The number of nitrogen functional groups attached to an aromatic ring is 1. The van der Waals surface area contributed by atoms with Crippen molar-refractivity contribution in [2.24, 2.45) is 0 Å². The summed E-state index contributed by atoms with van der Waals surface area (Å²) in [5.74, 6) is 0.186. The zero-order valence-electron chi connectivity index (χ0n) is 11.0. The van der Waals surface area contributed by atoms with E-state index in [1.165, 1.54) is 15.9 Å². The van der Waals surface area contributed by atoms with Crippen LogP contribution in [0.5, 0.6) is 0 Å². The van der Waals surface area contributed by atoms with E-state index >= 15 is 0 Å². The number of nitrogens with zero attached hydrogens (tertiary/aromatic N) is 2. The van der Waals surface area contributed by atoms with Crippen LogP contribution in [-0.4, -0.2) is 9.55 Å². The molecule has 0 saturated heterocycles. The Morgan fingerprint density at radius 2 is 1.90 bits per heavy atom. The van der Waals surface area contributed by atoms with Crippen molar-refractivity contribution in [3.8, 4) is 5.69 Å². The lowest BCUT2D eigenvalue weighted by Gasteiger charge is -2.09. The van der Waals surface area contributed by atoms with Gasteiger partial charge < -0.3 is 5.73 Å². The summed E-state index contributed by atoms with van der Waals surface area (Å²) in [6.45, 7) is 3.91. The molecule has 0 fully saturated rings. The average molecular weight is 306 g/mol. The Bertz CT molecular complexity index is 865. The van der Waals surface area contributed by atoms with Crippen LogP contribution in [0.15, 0.2) is 29.1 Å². The first-order valence-corrected chi connectivity index (χ1v) is 7.22. The van der Waals surface area contributed by atoms with E-state index in [1.54, 1.807) is 24.3 Å². The molecular weight excluding hydrogens is 294 g/mol. The molecule has 0 amide bonds. The lowest BCUT2D eigenvalue weighted by molar-refractivity contribution is 0.984. The molecule has 0 bridgehead atoms. The molecule has 0 spiro atoms. The van der Waals surface area contributed by atoms with Crippen molar-refractivity contribution in [1.82, 2.24) is 9.55 Å². The summed E-state index contributed by atoms with van der Waals surface area (Å²) in [6, 6.07) is 6.95. The molecule has 0 radical (unpaired) electrons. The molecule has 4 nitrogen and oxygen atoms in total. The molecular formula is C14H12ClN3OS. The quantitative estimate of drug-likeness (QED) is 0.750. The smallest absolute Gasteiger partial charge is 0.268 e. The van der Waals surface area contributed by atoms with Crippen LogP contribution in [-0.2, 0) is 0 Å². The van der Waals surface area contributed by atoms with E-state index in [4.69, 9.17) is 17.3 Å². The average Bonchev–Trinajstić information content (AvgIpc) is 2.67. The Morgan fingerprint density at radius 1 is 1.25 bits per heavy atom. The fourth-order valence-corrected chi connectivity index (χ4v) is 3.30. The number of halogens is 1. The van der Waals surface area contributed by atoms with Crippen molar-refractivity contribution < 1.29 is 0 Å². The zero-order valence-corrected chi connectivity index (χ0v) is 12.5. The largest absolute Gasteiger partial charge is 0.369 e. The SMILES string of the molecule is Cc1sc2nc(N)n(-c3ccc(Cl)cc3)c(=O)c2c1C. The maximum Gasteiger partial charge on any atom is 0.268 e. The van der Waals surface area contributed by atoms with Gasteiger partial charge in [-0.1, -0.05) is 11.6 Å². The van der Waals surface area contributed by atoms with Crippen molar-refractivity contribution in [3.63, 3.8) is 0 Å². The van der Waals surface area contributed by atoms with Crippen LogP contribution >= 0.6 is 22.9 Å². The van der Waals surface area contributed by atoms with Crippen molar-refractivity contribution in [2.75, 3.05) is 5.73 Å². The molecule has 0 aliphatic heterocycles. The van der Waals surface area contributed by atoms with Gasteiger partial charge in [0.1, 0.15) is 4.83 Å². The molecule has 0 atom stereocenters. The summed E-state index contributed by atoms with van der Waals surface area (Å²) >= 11 is 7.36. The Kier molecular flexibility index (Phi) is 3.03. The van der Waals surface area contributed by atoms with Crippen LogP contribution in [0.25, 0.3) is 15.9 Å². The molecule has 0 unspecified atom stereocenters. The molecule has 2 aromatic heterocycles. The summed E-state index contributed by atoms with van der Waals surface area (Å²) in [4.78, 5) is 18.8. The minimum Gasteiger partial charge on any atom is -0.369 e. The van der Waals surface area contributed by atoms with Crippen molar-refractivity contribution >= 4 is 39.1 Å². The predicted octanol–water partition coefficient (Wildman–Crippen LogP) is 3.30. The third-order valence-corrected chi connectivity index (χ3v) is 4.67. The summed E-state index contributed by atoms with van der Waals surface area (Å²) in [5, 5.41) is 1.24. The van der Waals surface area contributed by atoms with Gasteiger partial charge in [0.25, 0.3) is 5.56 Å². The van der Waals surface area contributed by atoms with Crippen LogP contribution in [0.2, 0.25) is 5.02 Å². The number of benzene rings is 1. The minimum atomic E-state index is -0.142. The van der Waals surface area contributed by atoms with Gasteiger partial charge in [-0.25, -0.2) is 9.55 Å². The first-order chi connectivity index (χ1) is 9.49. The molecule has 3 rings (SSSR count). The molecule has 0 saturated carbocycles. The van der Waals surface area contributed by atoms with Crippen LogP contribution in [0.3, 0.4) is 0 Å². The highest BCUT2D eigenvalue weighted by molar-refractivity contribution is 7.18. The van der Waals surface area contributed by atoms with Crippen molar-refractivity contribution in [2.45, 2.75) is 13.8 Å². The summed E-state index contributed by atoms with van der Waals surface area (Å²) in [6.07, 6.45) is 0. The summed E-state index contributed by atoms with van der Waals surface area (Å²) in [5.41, 5.74) is 7.43. The maximum absolute atomic E-state index is 12.7. The number of rotatable bonds is 1. The monoisotopic (exact) mass is 305 g/mol. The van der Waals surface area contributed by atoms with E-state index < -0.39 is 0 Å². The number of thiophene rings is 1. The zero-order chi connectivity index (χ0) is 14.4. The third-order valence-electron chi connectivity index (χ3n) is 3.31. The van der Waals surface area contributed by atoms with Gasteiger partial charge in [0, 0.05) is 9.90 Å². The van der Waals surface area contributed by atoms with Crippen molar-refractivity contribution in [3.05, 3.63) is 50.1 Å². The standard InChI is InChI=1S/C14H12ClN3OS/c1-7-8(2)20-12-11(7)13(19)18(14(16)17-12)10-5-3-9(15)4-6-10/h3-6H,1-2H3,(H2,16,17). The lowest BCUT2D eigenvalue weighted by atomic mass is 10.2. The highest BCUT2D eigenvalue weighted by atomic mass is 35.5. The number of hydrogen-bond donors (Lipinski definition) is 1. The molecule has 3 aromatic rings. The highest BCUT2D eigenvalue weighted by Crippen LogP contribution is 2.27. The molecule has 2 N–H and O–H groups in total. The van der Waals surface area contributed by atoms with Gasteiger partial charge in [0.05, 0.1) is 11.1 Å². The van der Waals surface area contributed by atoms with Gasteiger partial charge in [0.15, 0.2) is 0 Å². The predicted molar refractivity (Wildman–Crippen MR) is 84.1 cm³/mol. The first-order valence-electron chi connectivity index (χ1n) is 6.03. The van der Waals surface area contributed by atoms with Gasteiger partial charge in [-0.3, -0.25) is 4.79 Å². The number of anilines is 1. The van der Waals surface area contributed by atoms with E-state index in [0.29, 0.717) is 20.9 Å². The summed E-state index contributed by atoms with van der Waals surface area (Å²) in [7, 11) is 0. The van der Waals surface area contributed by atoms with Crippen LogP contribution < -0.4 is 11.3 Å². The summed E-state index contributed by atoms with van der Waals surface area (Å²) < 4.78 is 1.41. The minimum absolute atomic E-state index is 0.142. The van der Waals surface area contributed by atoms with Crippen LogP contribution in [0, 0.1) is 13.8 Å². The number of aryl methyl sites for hydroxylation is 2. The maximum atomic E-state index is 12.7. The lowest BCUT2D eigenvalue weighted by Crippen LogP contribution is -2.22. The Morgan fingerprint density at radius 3 is 2.55 bits per heavy atom. The normalized spacial score (nSPS) is 11.2. The topological polar surface area (TPSA) is 60.9 Å². The van der Waals surface area contributed by atoms with Crippen LogP contribution in [0.1, 0.15) is 10.4 Å². The fraction of sp³-hybridized carbons (Fsp3) is 0.143. The van der Waals surface area contributed by atoms with Gasteiger partial charge >= 0.3 is 0 Å². The molecule has 102 valence electrons. The van der Waals surface area contributed by atoms with E-state index in [1.807, 2.05) is 13.8 Å². The van der Waals surface area contributed by atoms with Gasteiger partial charge in [-0.15, -0.1) is 11.3 Å². The second kappa shape index (κ2) is 4.61. The number of fused-ring (bicyclic) bond motifs is 1. The molecule has 0 aliphatic carbocycles. The fourth-order valence-electron chi connectivity index (χ4n) is 2.15. The Labute approximate surface area is 124 Å². The van der Waals surface area contributed by atoms with E-state index in [2.05, 4.69) is 4.98 Å². The Balaban J connectivity index is 2.39. The van der Waals surface area contributed by atoms with Gasteiger partial charge in [0.2, 0.25) is 5.95 Å². The first kappa shape index (κ1) is 13.1. The molecule has 20 heavy (non-hydrogen) atoms. The molecule has 1 aromatic carbocycles. The number of aromatic nitrogens is 2. The Hall–Kier alpha value is -1.85. The van der Waals surface area contributed by atoms with E-state index in [9.17, 15) is 4.79 Å². The number of nitrogens with two attached hydrogens (primary N) is 1. The molecule has 2 heterocycles. The van der Waals surface area contributed by atoms with Crippen molar-refractivity contribution in [1.29, 1.82) is 0 Å². The van der Waals surface area contributed by atoms with Crippen LogP contribution in [0.4, 0.5) is 5.95 Å². The second-order valence-electron chi connectivity index (χ2n) is 4.55. The molecule has 6 heteroatoms. The second-order valence-corrected chi connectivity index (χ2v) is 6.19. The van der Waals surface area contributed by atoms with E-state index in [0.717, 1.165) is 10.4 Å². The third kappa shape index (κ3) is 1.90. The number of hydrogen-bond acceptors (Lipinski definition) is 4. The van der Waals surface area contributed by atoms with E-state index in [-0.39, 0.29) is 11.5 Å².